The maximum Gasteiger partial charge on any atom is 0.0546 e. The first-order chi connectivity index (χ1) is 7.42. The second kappa shape index (κ2) is 5.04. The van der Waals surface area contributed by atoms with Crippen molar-refractivity contribution in [3.63, 3.8) is 0 Å². The molecule has 0 bridgehead atoms. The molecule has 2 aromatic rings. The summed E-state index contributed by atoms with van der Waals surface area (Å²) in [5.74, 6) is 0. The van der Waals surface area contributed by atoms with Crippen molar-refractivity contribution in [2.45, 2.75) is 5.25 Å². The van der Waals surface area contributed by atoms with Gasteiger partial charge in [-0.3, -0.25) is 0 Å². The van der Waals surface area contributed by atoms with Crippen LogP contribution in [0.1, 0.15) is 16.4 Å². The van der Waals surface area contributed by atoms with Gasteiger partial charge in [0, 0.05) is 6.26 Å². The van der Waals surface area contributed by atoms with E-state index in [0.29, 0.717) is 5.25 Å². The topological polar surface area (TPSA) is 0 Å². The summed E-state index contributed by atoms with van der Waals surface area (Å²) in [7, 11) is 0. The minimum atomic E-state index is 0.340. The molecule has 0 unspecified atom stereocenters. The summed E-state index contributed by atoms with van der Waals surface area (Å²) in [5, 5.41) is 0.340. The van der Waals surface area contributed by atoms with Crippen molar-refractivity contribution >= 4 is 11.8 Å². The second-order valence-corrected chi connectivity index (χ2v) is 4.17. The summed E-state index contributed by atoms with van der Waals surface area (Å²) < 4.78 is 0. The first kappa shape index (κ1) is 10.3. The first-order valence-electron chi connectivity index (χ1n) is 4.92. The number of benzene rings is 2. The molecule has 75 valence electrons. The summed E-state index contributed by atoms with van der Waals surface area (Å²) in [6, 6.07) is 21.0. The van der Waals surface area contributed by atoms with Gasteiger partial charge in [0.15, 0.2) is 0 Å². The molecule has 2 aromatic carbocycles. The molecule has 0 saturated heterocycles. The summed E-state index contributed by atoms with van der Waals surface area (Å²) >= 11 is 1.63. The highest BCUT2D eigenvalue weighted by atomic mass is 32.2. The average molecular weight is 213 g/mol. The van der Waals surface area contributed by atoms with E-state index in [9.17, 15) is 0 Å². The molecular weight excluding hydrogens is 200 g/mol. The quantitative estimate of drug-likeness (QED) is 0.732. The van der Waals surface area contributed by atoms with E-state index >= 15 is 0 Å². The Balaban J connectivity index is 2.34. The molecule has 0 aromatic heterocycles. The molecule has 15 heavy (non-hydrogen) atoms. The van der Waals surface area contributed by atoms with Crippen LogP contribution in [0.3, 0.4) is 0 Å². The van der Waals surface area contributed by atoms with Crippen molar-refractivity contribution in [2.24, 2.45) is 0 Å². The Morgan fingerprint density at radius 2 is 1.13 bits per heavy atom. The third-order valence-corrected chi connectivity index (χ3v) is 3.25. The molecule has 0 aliphatic carbocycles. The van der Waals surface area contributed by atoms with Gasteiger partial charge in [0.1, 0.15) is 0 Å². The summed E-state index contributed by atoms with van der Waals surface area (Å²) in [4.78, 5) is 0. The van der Waals surface area contributed by atoms with Crippen molar-refractivity contribution in [3.8, 4) is 0 Å². The number of hydrogen-bond donors (Lipinski definition) is 0. The Labute approximate surface area is 95.3 Å². The van der Waals surface area contributed by atoms with E-state index in [1.54, 1.807) is 11.8 Å². The smallest absolute Gasteiger partial charge is 0.0546 e. The van der Waals surface area contributed by atoms with E-state index < -0.39 is 0 Å². The number of thioether (sulfide) groups is 1. The first-order valence-corrected chi connectivity index (χ1v) is 5.97. The summed E-state index contributed by atoms with van der Waals surface area (Å²) in [6.45, 7) is 0. The molecule has 0 heterocycles. The molecule has 0 saturated carbocycles. The normalized spacial score (nSPS) is 10.5. The lowest BCUT2D eigenvalue weighted by Crippen LogP contribution is -1.94. The van der Waals surface area contributed by atoms with Crippen molar-refractivity contribution in [1.29, 1.82) is 0 Å². The van der Waals surface area contributed by atoms with Crippen LogP contribution in [-0.4, -0.2) is 0 Å². The highest BCUT2D eigenvalue weighted by Gasteiger charge is 2.10. The monoisotopic (exact) mass is 213 g/mol. The van der Waals surface area contributed by atoms with Crippen LogP contribution >= 0.6 is 11.8 Å². The molecule has 1 radical (unpaired) electrons. The lowest BCUT2D eigenvalue weighted by atomic mass is 10.0. The Bertz CT molecular complexity index is 355. The van der Waals surface area contributed by atoms with E-state index in [4.69, 9.17) is 0 Å². The van der Waals surface area contributed by atoms with Crippen LogP contribution in [0, 0.1) is 6.26 Å². The molecule has 0 fully saturated rings. The Morgan fingerprint density at radius 3 is 1.47 bits per heavy atom. The standard InChI is InChI=1S/C14H13S/c1-15-14(12-8-4-2-5-9-12)13-10-6-3-7-11-13/h2-11,14H,1H2. The zero-order chi connectivity index (χ0) is 10.5. The predicted molar refractivity (Wildman–Crippen MR) is 67.7 cm³/mol. The molecule has 0 spiro atoms. The lowest BCUT2D eigenvalue weighted by Gasteiger charge is -2.14. The van der Waals surface area contributed by atoms with Crippen molar-refractivity contribution < 1.29 is 0 Å². The fourth-order valence-corrected chi connectivity index (χ4v) is 2.34. The van der Waals surface area contributed by atoms with Crippen molar-refractivity contribution in [3.05, 3.63) is 78.0 Å². The highest BCUT2D eigenvalue weighted by molar-refractivity contribution is 8.00. The molecular formula is C14H13S. The Kier molecular flexibility index (Phi) is 3.46. The van der Waals surface area contributed by atoms with E-state index in [1.807, 2.05) is 12.1 Å². The predicted octanol–water partition coefficient (Wildman–Crippen LogP) is 4.30. The van der Waals surface area contributed by atoms with E-state index in [2.05, 4.69) is 54.8 Å². The zero-order valence-corrected chi connectivity index (χ0v) is 9.28. The van der Waals surface area contributed by atoms with Crippen molar-refractivity contribution in [2.75, 3.05) is 0 Å². The summed E-state index contributed by atoms with van der Waals surface area (Å²) in [6.07, 6.45) is 3.96. The minimum absolute atomic E-state index is 0.340. The third kappa shape index (κ3) is 2.42. The maximum absolute atomic E-state index is 3.96. The SMILES string of the molecule is [CH2]SC(c1ccccc1)c1ccccc1. The van der Waals surface area contributed by atoms with E-state index in [1.165, 1.54) is 11.1 Å². The third-order valence-electron chi connectivity index (χ3n) is 2.37. The van der Waals surface area contributed by atoms with Gasteiger partial charge in [-0.05, 0) is 11.1 Å². The van der Waals surface area contributed by atoms with Crippen LogP contribution in [-0.2, 0) is 0 Å². The fraction of sp³-hybridized carbons (Fsp3) is 0.0714. The largest absolute Gasteiger partial charge is 0.148 e. The van der Waals surface area contributed by atoms with Gasteiger partial charge in [-0.15, -0.1) is 11.8 Å². The number of rotatable bonds is 3. The summed E-state index contributed by atoms with van der Waals surface area (Å²) in [5.41, 5.74) is 2.62. The van der Waals surface area contributed by atoms with Crippen LogP contribution < -0.4 is 0 Å². The lowest BCUT2D eigenvalue weighted by molar-refractivity contribution is 1.16. The molecule has 1 heteroatoms. The van der Waals surface area contributed by atoms with E-state index in [0.717, 1.165) is 0 Å². The Hall–Kier alpha value is -1.21. The van der Waals surface area contributed by atoms with Gasteiger partial charge in [-0.2, -0.15) is 0 Å². The van der Waals surface area contributed by atoms with Crippen molar-refractivity contribution in [1.82, 2.24) is 0 Å². The molecule has 0 amide bonds. The maximum atomic E-state index is 3.96. The second-order valence-electron chi connectivity index (χ2n) is 3.37. The Morgan fingerprint density at radius 1 is 0.733 bits per heavy atom. The van der Waals surface area contributed by atoms with Gasteiger partial charge in [-0.25, -0.2) is 0 Å². The van der Waals surface area contributed by atoms with Crippen LogP contribution in [0.4, 0.5) is 0 Å². The molecule has 0 atom stereocenters. The van der Waals surface area contributed by atoms with Crippen LogP contribution in [0.2, 0.25) is 0 Å². The van der Waals surface area contributed by atoms with Crippen LogP contribution in [0.15, 0.2) is 60.7 Å². The van der Waals surface area contributed by atoms with Gasteiger partial charge in [0.2, 0.25) is 0 Å². The zero-order valence-electron chi connectivity index (χ0n) is 8.47. The highest BCUT2D eigenvalue weighted by Crippen LogP contribution is 2.34. The van der Waals surface area contributed by atoms with Gasteiger partial charge in [-0.1, -0.05) is 60.7 Å². The minimum Gasteiger partial charge on any atom is -0.148 e. The van der Waals surface area contributed by atoms with Gasteiger partial charge < -0.3 is 0 Å². The van der Waals surface area contributed by atoms with E-state index in [-0.39, 0.29) is 0 Å². The molecule has 0 N–H and O–H groups in total. The van der Waals surface area contributed by atoms with Gasteiger partial charge in [0.05, 0.1) is 5.25 Å². The molecule has 2 rings (SSSR count). The number of hydrogen-bond acceptors (Lipinski definition) is 1. The fourth-order valence-electron chi connectivity index (χ4n) is 1.64. The molecule has 0 nitrogen and oxygen atoms in total. The average Bonchev–Trinajstić information content (AvgIpc) is 2.33. The van der Waals surface area contributed by atoms with Gasteiger partial charge >= 0.3 is 0 Å². The van der Waals surface area contributed by atoms with Crippen LogP contribution in [0.25, 0.3) is 0 Å². The molecule has 0 aliphatic heterocycles. The molecule has 0 aliphatic rings. The van der Waals surface area contributed by atoms with Crippen LogP contribution in [0.5, 0.6) is 0 Å². The van der Waals surface area contributed by atoms with Gasteiger partial charge in [0.25, 0.3) is 0 Å².